The van der Waals surface area contributed by atoms with E-state index in [1.165, 1.54) is 13.3 Å². The summed E-state index contributed by atoms with van der Waals surface area (Å²) >= 11 is 7.99. The van der Waals surface area contributed by atoms with Crippen LogP contribution in [0.25, 0.3) is 11.2 Å². The van der Waals surface area contributed by atoms with Crippen molar-refractivity contribution >= 4 is 51.3 Å². The van der Waals surface area contributed by atoms with Gasteiger partial charge >= 0.3 is 0 Å². The molecule has 8 nitrogen and oxygen atoms in total. The summed E-state index contributed by atoms with van der Waals surface area (Å²) in [6, 6.07) is -0.982. The molecule has 2 aromatic heterocycles. The number of nitrogens with one attached hydrogen (secondary N) is 1. The maximum Gasteiger partial charge on any atom is 0.217 e. The third-order valence-corrected chi connectivity index (χ3v) is 4.50. The number of amides is 1. The average Bonchev–Trinajstić information content (AvgIpc) is 2.95. The molecule has 0 bridgehead atoms. The van der Waals surface area contributed by atoms with E-state index in [1.807, 2.05) is 22.6 Å². The van der Waals surface area contributed by atoms with E-state index >= 15 is 0 Å². The molecule has 1 aliphatic rings. The maximum absolute atomic E-state index is 11.2. The number of aromatic nitrogens is 4. The first-order chi connectivity index (χ1) is 10.4. The van der Waals surface area contributed by atoms with Crippen molar-refractivity contribution < 1.29 is 15.0 Å². The van der Waals surface area contributed by atoms with Gasteiger partial charge < -0.3 is 20.1 Å². The topological polar surface area (TPSA) is 113 Å². The first kappa shape index (κ1) is 15.8. The molecular formula is C12H13ClIN5O3. The van der Waals surface area contributed by atoms with Gasteiger partial charge in [0.1, 0.15) is 17.7 Å². The van der Waals surface area contributed by atoms with Crippen molar-refractivity contribution in [2.24, 2.45) is 0 Å². The van der Waals surface area contributed by atoms with Crippen molar-refractivity contribution in [2.45, 2.75) is 37.6 Å². The van der Waals surface area contributed by atoms with Gasteiger partial charge in [-0.1, -0.05) is 11.6 Å². The second kappa shape index (κ2) is 5.87. The lowest BCUT2D eigenvalue weighted by molar-refractivity contribution is -0.120. The molecule has 0 aliphatic heterocycles. The van der Waals surface area contributed by atoms with Gasteiger partial charge in [0.15, 0.2) is 14.6 Å². The van der Waals surface area contributed by atoms with Crippen LogP contribution in [0.15, 0.2) is 6.33 Å². The molecule has 0 spiro atoms. The summed E-state index contributed by atoms with van der Waals surface area (Å²) in [4.78, 5) is 23.7. The van der Waals surface area contributed by atoms with Crippen molar-refractivity contribution in [2.75, 3.05) is 0 Å². The minimum atomic E-state index is -1.05. The first-order valence-electron chi connectivity index (χ1n) is 6.57. The van der Waals surface area contributed by atoms with E-state index in [0.717, 1.165) is 0 Å². The summed E-state index contributed by atoms with van der Waals surface area (Å²) < 4.78 is 2.13. The molecule has 0 aromatic carbocycles. The quantitative estimate of drug-likeness (QED) is 0.353. The molecule has 2 heterocycles. The number of hydrogen-bond donors (Lipinski definition) is 3. The zero-order valence-electron chi connectivity index (χ0n) is 11.4. The Bertz CT molecular complexity index is 739. The third kappa shape index (κ3) is 2.66. The fourth-order valence-corrected chi connectivity index (χ4v) is 3.61. The van der Waals surface area contributed by atoms with Gasteiger partial charge in [-0.25, -0.2) is 15.0 Å². The highest BCUT2D eigenvalue weighted by molar-refractivity contribution is 14.1. The Morgan fingerprint density at radius 2 is 2.18 bits per heavy atom. The third-order valence-electron chi connectivity index (χ3n) is 3.75. The van der Waals surface area contributed by atoms with Crippen LogP contribution in [0.2, 0.25) is 5.15 Å². The number of nitrogens with zero attached hydrogens (tertiary/aromatic N) is 4. The van der Waals surface area contributed by atoms with Gasteiger partial charge in [-0.2, -0.15) is 0 Å². The van der Waals surface area contributed by atoms with Crippen molar-refractivity contribution in [1.29, 1.82) is 0 Å². The zero-order chi connectivity index (χ0) is 16.0. The average molecular weight is 438 g/mol. The van der Waals surface area contributed by atoms with Gasteiger partial charge in [-0.05, 0) is 6.42 Å². The van der Waals surface area contributed by atoms with E-state index < -0.39 is 24.3 Å². The first-order valence-corrected chi connectivity index (χ1v) is 8.03. The molecule has 2 aromatic rings. The van der Waals surface area contributed by atoms with Gasteiger partial charge in [0.25, 0.3) is 0 Å². The molecule has 1 amide bonds. The van der Waals surface area contributed by atoms with Crippen LogP contribution in [-0.4, -0.2) is 53.9 Å². The van der Waals surface area contributed by atoms with Crippen molar-refractivity contribution in [1.82, 2.24) is 24.8 Å². The standard InChI is InChI=1S/C12H13ClIN5O3/c1-4(20)16-5-2-6(9(22)8(5)21)19-3-15-7-10(13)17-12(14)18-11(7)19/h3,5-6,8-9,21-22H,2H2,1H3,(H,16,20)/t5-,6+,8+,9-/m0/s1. The minimum Gasteiger partial charge on any atom is -0.388 e. The van der Waals surface area contributed by atoms with Crippen LogP contribution in [0.5, 0.6) is 0 Å². The number of rotatable bonds is 2. The van der Waals surface area contributed by atoms with Gasteiger partial charge in [-0.15, -0.1) is 0 Å². The largest absolute Gasteiger partial charge is 0.388 e. The van der Waals surface area contributed by atoms with E-state index in [9.17, 15) is 15.0 Å². The molecule has 0 saturated heterocycles. The molecule has 118 valence electrons. The number of halogens is 2. The Morgan fingerprint density at radius 1 is 1.45 bits per heavy atom. The SMILES string of the molecule is CC(=O)N[C@H]1C[C@@H](n2cnc3c(Cl)nc(I)nc32)[C@H](O)[C@@H]1O. The van der Waals surface area contributed by atoms with Gasteiger partial charge in [0, 0.05) is 29.5 Å². The molecule has 1 fully saturated rings. The predicted octanol–water partition coefficient (Wildman–Crippen LogP) is 0.256. The monoisotopic (exact) mass is 437 g/mol. The second-order valence-corrected chi connectivity index (χ2v) is 6.52. The van der Waals surface area contributed by atoms with Crippen LogP contribution in [0.4, 0.5) is 0 Å². The van der Waals surface area contributed by atoms with Gasteiger partial charge in [-0.3, -0.25) is 4.79 Å². The zero-order valence-corrected chi connectivity index (χ0v) is 14.4. The molecule has 0 radical (unpaired) electrons. The van der Waals surface area contributed by atoms with Crippen molar-refractivity contribution in [3.05, 3.63) is 15.3 Å². The van der Waals surface area contributed by atoms with Gasteiger partial charge in [0.05, 0.1) is 18.4 Å². The van der Waals surface area contributed by atoms with Crippen molar-refractivity contribution in [3.63, 3.8) is 0 Å². The van der Waals surface area contributed by atoms with E-state index in [4.69, 9.17) is 11.6 Å². The molecule has 22 heavy (non-hydrogen) atoms. The number of hydrogen-bond acceptors (Lipinski definition) is 6. The van der Waals surface area contributed by atoms with Crippen LogP contribution in [0.3, 0.4) is 0 Å². The number of aliphatic hydroxyl groups excluding tert-OH is 2. The second-order valence-electron chi connectivity index (χ2n) is 5.20. The summed E-state index contributed by atoms with van der Waals surface area (Å²) in [6.07, 6.45) is -0.215. The lowest BCUT2D eigenvalue weighted by Gasteiger charge is -2.18. The fraction of sp³-hybridized carbons (Fsp3) is 0.500. The van der Waals surface area contributed by atoms with Crippen LogP contribution in [-0.2, 0) is 4.79 Å². The Balaban J connectivity index is 1.99. The van der Waals surface area contributed by atoms with Crippen LogP contribution < -0.4 is 5.32 Å². The highest BCUT2D eigenvalue weighted by Gasteiger charge is 2.43. The number of fused-ring (bicyclic) bond motifs is 1. The normalized spacial score (nSPS) is 28.2. The molecule has 3 rings (SSSR count). The molecule has 0 unspecified atom stereocenters. The van der Waals surface area contributed by atoms with Crippen LogP contribution >= 0.6 is 34.2 Å². The highest BCUT2D eigenvalue weighted by Crippen LogP contribution is 2.33. The number of imidazole rings is 1. The van der Waals surface area contributed by atoms with Crippen molar-refractivity contribution in [3.8, 4) is 0 Å². The molecular weight excluding hydrogens is 425 g/mol. The Morgan fingerprint density at radius 3 is 2.86 bits per heavy atom. The Labute approximate surface area is 144 Å². The summed E-state index contributed by atoms with van der Waals surface area (Å²) in [5, 5.41) is 23.3. The molecule has 10 heteroatoms. The van der Waals surface area contributed by atoms with Gasteiger partial charge in [0.2, 0.25) is 5.91 Å². The van der Waals surface area contributed by atoms with E-state index in [1.54, 1.807) is 4.57 Å². The molecule has 3 N–H and O–H groups in total. The Hall–Kier alpha value is -1.04. The van der Waals surface area contributed by atoms with E-state index in [2.05, 4.69) is 20.3 Å². The lowest BCUT2D eigenvalue weighted by atomic mass is 10.2. The molecule has 1 saturated carbocycles. The maximum atomic E-state index is 11.2. The molecule has 4 atom stereocenters. The summed E-state index contributed by atoms with van der Waals surface area (Å²) in [6.45, 7) is 1.37. The van der Waals surface area contributed by atoms with E-state index in [0.29, 0.717) is 21.4 Å². The van der Waals surface area contributed by atoms with Crippen LogP contribution in [0.1, 0.15) is 19.4 Å². The number of carbonyl (C=O) groups is 1. The fourth-order valence-electron chi connectivity index (χ4n) is 2.79. The number of carbonyl (C=O) groups excluding carboxylic acids is 1. The lowest BCUT2D eigenvalue weighted by Crippen LogP contribution is -2.42. The summed E-state index contributed by atoms with van der Waals surface area (Å²) in [7, 11) is 0. The van der Waals surface area contributed by atoms with E-state index in [-0.39, 0.29) is 11.1 Å². The minimum absolute atomic E-state index is 0.236. The molecule has 1 aliphatic carbocycles. The number of aliphatic hydroxyl groups is 2. The highest BCUT2D eigenvalue weighted by atomic mass is 127. The van der Waals surface area contributed by atoms with Crippen LogP contribution in [0, 0.1) is 3.83 Å². The summed E-state index contributed by atoms with van der Waals surface area (Å²) in [5.74, 6) is -0.257. The smallest absolute Gasteiger partial charge is 0.217 e. The summed E-state index contributed by atoms with van der Waals surface area (Å²) in [5.41, 5.74) is 0.927. The Kier molecular flexibility index (Phi) is 4.23. The predicted molar refractivity (Wildman–Crippen MR) is 86.3 cm³/mol.